The van der Waals surface area contributed by atoms with Gasteiger partial charge in [0.2, 0.25) is 0 Å². The number of aryl methyl sites for hydroxylation is 1. The lowest BCUT2D eigenvalue weighted by molar-refractivity contribution is -0.136. The summed E-state index contributed by atoms with van der Waals surface area (Å²) in [6.07, 6.45) is -0.573. The van der Waals surface area contributed by atoms with Gasteiger partial charge in [0, 0.05) is 13.7 Å². The molecule has 2 rings (SSSR count). The third-order valence-corrected chi connectivity index (χ3v) is 3.76. The summed E-state index contributed by atoms with van der Waals surface area (Å²) in [6, 6.07) is 11.1. The molecule has 26 heavy (non-hydrogen) atoms. The van der Waals surface area contributed by atoms with Crippen LogP contribution in [0.1, 0.15) is 17.2 Å². The molecule has 2 aromatic rings. The van der Waals surface area contributed by atoms with Crippen molar-refractivity contribution in [3.05, 3.63) is 59.4 Å². The van der Waals surface area contributed by atoms with Crippen molar-refractivity contribution in [1.29, 1.82) is 0 Å². The third kappa shape index (κ3) is 5.03. The van der Waals surface area contributed by atoms with Gasteiger partial charge >= 0.3 is 11.8 Å². The van der Waals surface area contributed by atoms with Crippen LogP contribution in [0.15, 0.2) is 42.5 Å². The highest BCUT2D eigenvalue weighted by molar-refractivity contribution is 6.39. The van der Waals surface area contributed by atoms with Crippen LogP contribution in [0.2, 0.25) is 0 Å². The van der Waals surface area contributed by atoms with Crippen molar-refractivity contribution in [2.45, 2.75) is 13.0 Å². The van der Waals surface area contributed by atoms with Gasteiger partial charge in [-0.1, -0.05) is 18.2 Å². The van der Waals surface area contributed by atoms with Crippen LogP contribution in [0.25, 0.3) is 0 Å². The zero-order valence-electron chi connectivity index (χ0n) is 14.8. The van der Waals surface area contributed by atoms with E-state index >= 15 is 0 Å². The highest BCUT2D eigenvalue weighted by atomic mass is 19.1. The minimum absolute atomic E-state index is 0.0250. The third-order valence-electron chi connectivity index (χ3n) is 3.76. The van der Waals surface area contributed by atoms with E-state index in [0.717, 1.165) is 5.56 Å². The van der Waals surface area contributed by atoms with Crippen LogP contribution in [0, 0.1) is 12.7 Å². The number of halogens is 1. The first-order valence-electron chi connectivity index (χ1n) is 7.96. The molecule has 0 aliphatic rings. The predicted molar refractivity (Wildman–Crippen MR) is 95.5 cm³/mol. The number of hydrogen-bond acceptors (Lipinski definition) is 4. The molecule has 0 fully saturated rings. The van der Waals surface area contributed by atoms with E-state index in [4.69, 9.17) is 9.47 Å². The summed E-state index contributed by atoms with van der Waals surface area (Å²) in [5.74, 6) is -1.61. The molecule has 1 atom stereocenters. The van der Waals surface area contributed by atoms with Gasteiger partial charge in [-0.25, -0.2) is 4.39 Å². The Labute approximate surface area is 151 Å². The first-order valence-corrected chi connectivity index (χ1v) is 7.96. The summed E-state index contributed by atoms with van der Waals surface area (Å²) in [5, 5.41) is 5.00. The van der Waals surface area contributed by atoms with E-state index in [0.29, 0.717) is 17.0 Å². The molecule has 7 heteroatoms. The normalized spacial score (nSPS) is 11.5. The number of rotatable bonds is 6. The maximum absolute atomic E-state index is 13.3. The topological polar surface area (TPSA) is 76.7 Å². The molecule has 0 heterocycles. The van der Waals surface area contributed by atoms with Crippen molar-refractivity contribution in [2.75, 3.05) is 26.1 Å². The van der Waals surface area contributed by atoms with E-state index in [-0.39, 0.29) is 6.54 Å². The Morgan fingerprint density at radius 1 is 1.12 bits per heavy atom. The maximum Gasteiger partial charge on any atom is 0.313 e. The maximum atomic E-state index is 13.3. The second kappa shape index (κ2) is 8.96. The zero-order valence-corrected chi connectivity index (χ0v) is 14.8. The van der Waals surface area contributed by atoms with E-state index in [9.17, 15) is 14.0 Å². The second-order valence-corrected chi connectivity index (χ2v) is 5.65. The van der Waals surface area contributed by atoms with Crippen molar-refractivity contribution in [1.82, 2.24) is 5.32 Å². The number of hydrogen-bond donors (Lipinski definition) is 2. The minimum atomic E-state index is -0.831. The fourth-order valence-corrected chi connectivity index (χ4v) is 2.41. The van der Waals surface area contributed by atoms with Gasteiger partial charge in [-0.2, -0.15) is 0 Å². The Kier molecular flexibility index (Phi) is 6.68. The van der Waals surface area contributed by atoms with Gasteiger partial charge in [-0.3, -0.25) is 9.59 Å². The van der Waals surface area contributed by atoms with Crippen LogP contribution >= 0.6 is 0 Å². The predicted octanol–water partition coefficient (Wildman–Crippen LogP) is 2.59. The number of amides is 2. The lowest BCUT2D eigenvalue weighted by Crippen LogP contribution is -2.38. The summed E-state index contributed by atoms with van der Waals surface area (Å²) in [7, 11) is 2.92. The summed E-state index contributed by atoms with van der Waals surface area (Å²) in [4.78, 5) is 24.2. The number of methoxy groups -OCH3 is 2. The van der Waals surface area contributed by atoms with E-state index in [2.05, 4.69) is 10.6 Å². The average molecular weight is 360 g/mol. The van der Waals surface area contributed by atoms with Crippen LogP contribution in [-0.4, -0.2) is 32.6 Å². The number of anilines is 1. The van der Waals surface area contributed by atoms with Crippen molar-refractivity contribution in [3.8, 4) is 5.75 Å². The van der Waals surface area contributed by atoms with E-state index in [1.807, 2.05) is 13.0 Å². The monoisotopic (exact) mass is 360 g/mol. The molecule has 0 spiro atoms. The Bertz CT molecular complexity index is 795. The van der Waals surface area contributed by atoms with E-state index < -0.39 is 23.7 Å². The highest BCUT2D eigenvalue weighted by Gasteiger charge is 2.18. The summed E-state index contributed by atoms with van der Waals surface area (Å²) in [5.41, 5.74) is 1.88. The summed E-state index contributed by atoms with van der Waals surface area (Å²) in [6.45, 7) is 1.88. The molecule has 0 aliphatic heterocycles. The molecule has 0 radical (unpaired) electrons. The fraction of sp³-hybridized carbons (Fsp3) is 0.263. The molecule has 0 saturated carbocycles. The largest absolute Gasteiger partial charge is 0.495 e. The lowest BCUT2D eigenvalue weighted by Gasteiger charge is -2.17. The quantitative estimate of drug-likeness (QED) is 0.777. The molecule has 2 N–H and O–H groups in total. The number of benzene rings is 2. The second-order valence-electron chi connectivity index (χ2n) is 5.65. The molecule has 0 aromatic heterocycles. The Balaban J connectivity index is 1.98. The van der Waals surface area contributed by atoms with Crippen molar-refractivity contribution in [2.24, 2.45) is 0 Å². The number of carbonyl (C=O) groups excluding carboxylic acids is 2. The molecule has 0 bridgehead atoms. The zero-order chi connectivity index (χ0) is 19.1. The summed E-state index contributed by atoms with van der Waals surface area (Å²) < 4.78 is 23.7. The molecule has 6 nitrogen and oxygen atoms in total. The Morgan fingerprint density at radius 2 is 1.88 bits per heavy atom. The highest BCUT2D eigenvalue weighted by Crippen LogP contribution is 2.25. The van der Waals surface area contributed by atoms with Crippen molar-refractivity contribution >= 4 is 17.5 Å². The van der Waals surface area contributed by atoms with Crippen molar-refractivity contribution < 1.29 is 23.5 Å². The molecule has 2 aromatic carbocycles. The van der Waals surface area contributed by atoms with E-state index in [1.165, 1.54) is 26.4 Å². The molecule has 0 saturated heterocycles. The lowest BCUT2D eigenvalue weighted by atomic mass is 10.1. The van der Waals surface area contributed by atoms with Gasteiger partial charge in [0.1, 0.15) is 11.6 Å². The molecular formula is C19H21FN2O4. The van der Waals surface area contributed by atoms with Gasteiger partial charge in [-0.15, -0.1) is 0 Å². The van der Waals surface area contributed by atoms with E-state index in [1.54, 1.807) is 24.3 Å². The molecule has 1 unspecified atom stereocenters. The molecule has 2 amide bonds. The SMILES string of the molecule is COc1ccc(C)cc1NC(=O)C(=O)NCC(OC)c1cccc(F)c1. The van der Waals surface area contributed by atoms with Gasteiger partial charge in [0.25, 0.3) is 0 Å². The van der Waals surface area contributed by atoms with Crippen molar-refractivity contribution in [3.63, 3.8) is 0 Å². The molecule has 0 aliphatic carbocycles. The van der Waals surface area contributed by atoms with Crippen LogP contribution < -0.4 is 15.4 Å². The standard InChI is InChI=1S/C19H21FN2O4/c1-12-7-8-16(25-2)15(9-12)22-19(24)18(23)21-11-17(26-3)13-5-4-6-14(20)10-13/h4-10,17H,11H2,1-3H3,(H,21,23)(H,22,24). The Hall–Kier alpha value is -2.93. The molecule has 138 valence electrons. The number of ether oxygens (including phenoxy) is 2. The van der Waals surface area contributed by atoms with Gasteiger partial charge in [-0.05, 0) is 42.3 Å². The molecular weight excluding hydrogens is 339 g/mol. The van der Waals surface area contributed by atoms with Gasteiger partial charge in [0.05, 0.1) is 18.9 Å². The van der Waals surface area contributed by atoms with Gasteiger partial charge < -0.3 is 20.1 Å². The van der Waals surface area contributed by atoms with Gasteiger partial charge in [0.15, 0.2) is 0 Å². The van der Waals surface area contributed by atoms with Crippen LogP contribution in [0.5, 0.6) is 5.75 Å². The Morgan fingerprint density at radius 3 is 2.54 bits per heavy atom. The first-order chi connectivity index (χ1) is 12.4. The average Bonchev–Trinajstić information content (AvgIpc) is 2.62. The number of carbonyl (C=O) groups is 2. The van der Waals surface area contributed by atoms with Crippen LogP contribution in [0.4, 0.5) is 10.1 Å². The summed E-state index contributed by atoms with van der Waals surface area (Å²) >= 11 is 0. The fourth-order valence-electron chi connectivity index (χ4n) is 2.41. The minimum Gasteiger partial charge on any atom is -0.495 e. The smallest absolute Gasteiger partial charge is 0.313 e. The first kappa shape index (κ1) is 19.4. The van der Waals surface area contributed by atoms with Crippen LogP contribution in [-0.2, 0) is 14.3 Å². The van der Waals surface area contributed by atoms with Crippen LogP contribution in [0.3, 0.4) is 0 Å². The number of nitrogens with one attached hydrogen (secondary N) is 2.